The molecule has 2 aromatic carbocycles. The van der Waals surface area contributed by atoms with Crippen molar-refractivity contribution in [3.05, 3.63) is 52.5 Å². The Balaban J connectivity index is 1.82. The summed E-state index contributed by atoms with van der Waals surface area (Å²) >= 11 is 11.9. The molecular formula is C17H18Cl2N2O3. The first-order chi connectivity index (χ1) is 11.6. The molecule has 2 N–H and O–H groups in total. The molecule has 128 valence electrons. The van der Waals surface area contributed by atoms with E-state index in [1.54, 1.807) is 49.6 Å². The van der Waals surface area contributed by atoms with E-state index in [0.717, 1.165) is 0 Å². The Morgan fingerprint density at radius 3 is 2.54 bits per heavy atom. The molecule has 0 aliphatic rings. The average Bonchev–Trinajstić information content (AvgIpc) is 2.57. The number of benzene rings is 2. The second kappa shape index (κ2) is 9.37. The number of anilines is 2. The molecule has 0 saturated carbocycles. The van der Waals surface area contributed by atoms with Crippen LogP contribution in [-0.4, -0.2) is 32.8 Å². The Labute approximate surface area is 150 Å². The zero-order valence-corrected chi connectivity index (χ0v) is 14.7. The van der Waals surface area contributed by atoms with Crippen molar-refractivity contribution in [2.45, 2.75) is 0 Å². The van der Waals surface area contributed by atoms with Gasteiger partial charge in [0.1, 0.15) is 12.4 Å². The topological polar surface area (TPSA) is 59.6 Å². The van der Waals surface area contributed by atoms with Gasteiger partial charge in [0.15, 0.2) is 0 Å². The molecule has 0 bridgehead atoms. The van der Waals surface area contributed by atoms with Crippen LogP contribution in [0.2, 0.25) is 10.0 Å². The predicted molar refractivity (Wildman–Crippen MR) is 97.4 cm³/mol. The second-order valence-electron chi connectivity index (χ2n) is 4.89. The third kappa shape index (κ3) is 5.92. The van der Waals surface area contributed by atoms with Crippen LogP contribution in [0.4, 0.5) is 11.4 Å². The van der Waals surface area contributed by atoms with Crippen molar-refractivity contribution in [3.63, 3.8) is 0 Å². The molecule has 0 spiro atoms. The Bertz CT molecular complexity index is 678. The summed E-state index contributed by atoms with van der Waals surface area (Å²) in [6, 6.07) is 12.1. The lowest BCUT2D eigenvalue weighted by molar-refractivity contribution is -0.114. The van der Waals surface area contributed by atoms with Gasteiger partial charge in [-0.2, -0.15) is 0 Å². The summed E-state index contributed by atoms with van der Waals surface area (Å²) < 4.78 is 10.4. The van der Waals surface area contributed by atoms with Crippen molar-refractivity contribution in [2.24, 2.45) is 0 Å². The number of hydrogen-bond acceptors (Lipinski definition) is 4. The van der Waals surface area contributed by atoms with Crippen LogP contribution in [0.15, 0.2) is 42.5 Å². The number of nitrogens with one attached hydrogen (secondary N) is 2. The smallest absolute Gasteiger partial charge is 0.243 e. The molecular weight excluding hydrogens is 351 g/mol. The Kier molecular flexibility index (Phi) is 7.18. The lowest BCUT2D eigenvalue weighted by Crippen LogP contribution is -2.21. The van der Waals surface area contributed by atoms with Crippen molar-refractivity contribution in [1.29, 1.82) is 0 Å². The van der Waals surface area contributed by atoms with E-state index in [9.17, 15) is 4.79 Å². The highest BCUT2D eigenvalue weighted by atomic mass is 35.5. The summed E-state index contributed by atoms with van der Waals surface area (Å²) in [5.41, 5.74) is 1.29. The van der Waals surface area contributed by atoms with E-state index in [4.69, 9.17) is 32.7 Å². The standard InChI is InChI=1S/C17H18Cl2N2O3/c1-23-8-9-24-14-5-3-13(4-6-14)21-17(22)11-20-16-10-12(18)2-7-15(16)19/h2-7,10,20H,8-9,11H2,1H3,(H,21,22). The first kappa shape index (κ1) is 18.4. The van der Waals surface area contributed by atoms with Crippen LogP contribution in [0.25, 0.3) is 0 Å². The van der Waals surface area contributed by atoms with Crippen LogP contribution in [0, 0.1) is 0 Å². The van der Waals surface area contributed by atoms with Crippen molar-refractivity contribution in [2.75, 3.05) is 37.5 Å². The Morgan fingerprint density at radius 1 is 1.08 bits per heavy atom. The molecule has 0 aliphatic heterocycles. The van der Waals surface area contributed by atoms with Crippen LogP contribution >= 0.6 is 23.2 Å². The summed E-state index contributed by atoms with van der Waals surface area (Å²) in [6.07, 6.45) is 0. The minimum absolute atomic E-state index is 0.0755. The number of carbonyl (C=O) groups is 1. The number of carbonyl (C=O) groups excluding carboxylic acids is 1. The maximum atomic E-state index is 12.0. The van der Waals surface area contributed by atoms with Crippen LogP contribution in [0.1, 0.15) is 0 Å². The van der Waals surface area contributed by atoms with Crippen LogP contribution in [0.5, 0.6) is 5.75 Å². The first-order valence-electron chi connectivity index (χ1n) is 7.29. The van der Waals surface area contributed by atoms with Gasteiger partial charge >= 0.3 is 0 Å². The van der Waals surface area contributed by atoms with E-state index >= 15 is 0 Å². The maximum absolute atomic E-state index is 12.0. The Morgan fingerprint density at radius 2 is 1.83 bits per heavy atom. The highest BCUT2D eigenvalue weighted by Gasteiger charge is 2.05. The molecule has 7 heteroatoms. The molecule has 2 aromatic rings. The molecule has 0 fully saturated rings. The van der Waals surface area contributed by atoms with Gasteiger partial charge in [-0.3, -0.25) is 4.79 Å². The fraction of sp³-hybridized carbons (Fsp3) is 0.235. The molecule has 0 radical (unpaired) electrons. The number of hydrogen-bond donors (Lipinski definition) is 2. The highest BCUT2D eigenvalue weighted by Crippen LogP contribution is 2.25. The number of ether oxygens (including phenoxy) is 2. The van der Waals surface area contributed by atoms with Gasteiger partial charge in [-0.1, -0.05) is 23.2 Å². The number of rotatable bonds is 8. The quantitative estimate of drug-likeness (QED) is 0.689. The first-order valence-corrected chi connectivity index (χ1v) is 8.04. The van der Waals surface area contributed by atoms with Gasteiger partial charge < -0.3 is 20.1 Å². The largest absolute Gasteiger partial charge is 0.491 e. The summed E-state index contributed by atoms with van der Waals surface area (Å²) in [5, 5.41) is 6.79. The molecule has 0 aromatic heterocycles. The predicted octanol–water partition coefficient (Wildman–Crippen LogP) is 4.07. The van der Waals surface area contributed by atoms with Gasteiger partial charge in [0.2, 0.25) is 5.91 Å². The molecule has 1 amide bonds. The molecule has 0 saturated heterocycles. The van der Waals surface area contributed by atoms with E-state index in [2.05, 4.69) is 10.6 Å². The van der Waals surface area contributed by atoms with E-state index < -0.39 is 0 Å². The van der Waals surface area contributed by atoms with E-state index in [0.29, 0.717) is 40.4 Å². The second-order valence-corrected chi connectivity index (χ2v) is 5.74. The number of methoxy groups -OCH3 is 1. The summed E-state index contributed by atoms with van der Waals surface area (Å²) in [6.45, 7) is 1.08. The van der Waals surface area contributed by atoms with E-state index in [1.165, 1.54) is 0 Å². The molecule has 0 heterocycles. The van der Waals surface area contributed by atoms with Gasteiger partial charge in [0.25, 0.3) is 0 Å². The van der Waals surface area contributed by atoms with Crippen LogP contribution in [-0.2, 0) is 9.53 Å². The van der Waals surface area contributed by atoms with Crippen molar-refractivity contribution in [3.8, 4) is 5.75 Å². The van der Waals surface area contributed by atoms with Gasteiger partial charge in [-0.15, -0.1) is 0 Å². The maximum Gasteiger partial charge on any atom is 0.243 e. The zero-order valence-electron chi connectivity index (χ0n) is 13.1. The fourth-order valence-corrected chi connectivity index (χ4v) is 2.25. The monoisotopic (exact) mass is 368 g/mol. The van der Waals surface area contributed by atoms with Crippen molar-refractivity contribution in [1.82, 2.24) is 0 Å². The number of halogens is 2. The third-order valence-electron chi connectivity index (χ3n) is 3.06. The van der Waals surface area contributed by atoms with Crippen LogP contribution < -0.4 is 15.4 Å². The van der Waals surface area contributed by atoms with Crippen molar-refractivity contribution >= 4 is 40.5 Å². The molecule has 24 heavy (non-hydrogen) atoms. The van der Waals surface area contributed by atoms with E-state index in [1.807, 2.05) is 0 Å². The zero-order chi connectivity index (χ0) is 17.4. The van der Waals surface area contributed by atoms with Gasteiger partial charge in [-0.25, -0.2) is 0 Å². The highest BCUT2D eigenvalue weighted by molar-refractivity contribution is 6.35. The van der Waals surface area contributed by atoms with Gasteiger partial charge in [0, 0.05) is 17.8 Å². The molecule has 5 nitrogen and oxygen atoms in total. The fourth-order valence-electron chi connectivity index (χ4n) is 1.89. The van der Waals surface area contributed by atoms with E-state index in [-0.39, 0.29) is 12.5 Å². The summed E-state index contributed by atoms with van der Waals surface area (Å²) in [4.78, 5) is 12.0. The molecule has 0 unspecified atom stereocenters. The molecule has 0 atom stereocenters. The number of amides is 1. The van der Waals surface area contributed by atoms with Crippen molar-refractivity contribution < 1.29 is 14.3 Å². The summed E-state index contributed by atoms with van der Waals surface area (Å²) in [5.74, 6) is 0.521. The van der Waals surface area contributed by atoms with Crippen LogP contribution in [0.3, 0.4) is 0 Å². The molecule has 0 aliphatic carbocycles. The third-order valence-corrected chi connectivity index (χ3v) is 3.63. The SMILES string of the molecule is COCCOc1ccc(NC(=O)CNc2cc(Cl)ccc2Cl)cc1. The normalized spacial score (nSPS) is 10.3. The lowest BCUT2D eigenvalue weighted by Gasteiger charge is -2.10. The minimum Gasteiger partial charge on any atom is -0.491 e. The van der Waals surface area contributed by atoms with Gasteiger partial charge in [0.05, 0.1) is 23.9 Å². The molecule has 2 rings (SSSR count). The lowest BCUT2D eigenvalue weighted by atomic mass is 10.3. The average molecular weight is 369 g/mol. The minimum atomic E-state index is -0.195. The Hall–Kier alpha value is -1.95. The van der Waals surface area contributed by atoms with Gasteiger partial charge in [-0.05, 0) is 42.5 Å². The summed E-state index contributed by atoms with van der Waals surface area (Å²) in [7, 11) is 1.62.